The number of amides is 2. The Morgan fingerprint density at radius 3 is 2.62 bits per heavy atom. The van der Waals surface area contributed by atoms with Crippen LogP contribution in [0.4, 0.5) is 0 Å². The van der Waals surface area contributed by atoms with Crippen LogP contribution in [0.3, 0.4) is 0 Å². The number of likely N-dealkylation sites (tertiary alicyclic amines) is 1. The van der Waals surface area contributed by atoms with Crippen LogP contribution in [-0.4, -0.2) is 41.0 Å². The molecule has 1 heterocycles. The minimum atomic E-state index is -0.546. The number of benzene rings is 1. The molecule has 0 spiro atoms. The second kappa shape index (κ2) is 8.29. The zero-order valence-electron chi connectivity index (χ0n) is 14.7. The van der Waals surface area contributed by atoms with Crippen molar-refractivity contribution < 1.29 is 14.7 Å². The number of nitrogens with zero attached hydrogens (tertiary/aromatic N) is 1. The third-order valence-electron chi connectivity index (χ3n) is 5.06. The number of aliphatic hydroxyl groups excluding tert-OH is 1. The number of aliphatic hydroxyl groups is 1. The number of hydrogen-bond donors (Lipinski definition) is 2. The Kier molecular flexibility index (Phi) is 6.37. The summed E-state index contributed by atoms with van der Waals surface area (Å²) in [6, 6.07) is 9.80. The Balaban J connectivity index is 1.90. The van der Waals surface area contributed by atoms with Crippen molar-refractivity contribution in [3.05, 3.63) is 35.9 Å². The summed E-state index contributed by atoms with van der Waals surface area (Å²) in [5, 5.41) is 12.7. The molecule has 1 aliphatic heterocycles. The van der Waals surface area contributed by atoms with Gasteiger partial charge in [0, 0.05) is 19.5 Å². The van der Waals surface area contributed by atoms with E-state index in [0.29, 0.717) is 6.54 Å². The van der Waals surface area contributed by atoms with Crippen molar-refractivity contribution in [3.8, 4) is 0 Å². The van der Waals surface area contributed by atoms with Crippen LogP contribution in [0.1, 0.15) is 45.2 Å². The van der Waals surface area contributed by atoms with E-state index in [4.69, 9.17) is 0 Å². The highest BCUT2D eigenvalue weighted by Crippen LogP contribution is 2.28. The van der Waals surface area contributed by atoms with Gasteiger partial charge in [-0.3, -0.25) is 9.59 Å². The molecule has 24 heavy (non-hydrogen) atoms. The number of hydrogen-bond acceptors (Lipinski definition) is 3. The molecule has 0 saturated carbocycles. The van der Waals surface area contributed by atoms with Crippen LogP contribution in [0.15, 0.2) is 30.3 Å². The average Bonchev–Trinajstić information content (AvgIpc) is 3.00. The average molecular weight is 332 g/mol. The van der Waals surface area contributed by atoms with Crippen LogP contribution in [0, 0.1) is 11.8 Å². The number of nitrogens with one attached hydrogen (secondary N) is 1. The lowest BCUT2D eigenvalue weighted by molar-refractivity contribution is -0.130. The van der Waals surface area contributed by atoms with Gasteiger partial charge in [-0.1, -0.05) is 50.6 Å². The Morgan fingerprint density at radius 1 is 1.33 bits per heavy atom. The quantitative estimate of drug-likeness (QED) is 0.803. The van der Waals surface area contributed by atoms with Crippen molar-refractivity contribution in [1.82, 2.24) is 10.2 Å². The Bertz CT molecular complexity index is 561. The molecule has 5 nitrogen and oxygen atoms in total. The summed E-state index contributed by atoms with van der Waals surface area (Å²) in [6.07, 6.45) is 0.555. The molecule has 132 valence electrons. The summed E-state index contributed by atoms with van der Waals surface area (Å²) in [5.41, 5.74) is 1.07. The lowest BCUT2D eigenvalue weighted by Crippen LogP contribution is -2.39. The minimum absolute atomic E-state index is 0.00831. The molecule has 2 amide bonds. The maximum Gasteiger partial charge on any atom is 0.225 e. The van der Waals surface area contributed by atoms with Gasteiger partial charge in [0.05, 0.1) is 18.1 Å². The first-order chi connectivity index (χ1) is 11.4. The molecule has 2 rings (SSSR count). The Hall–Kier alpha value is -1.88. The SMILES string of the molecule is CCC(C)C(O)CNC(=O)C1CC(=O)N(C(C)c2ccccc2)C1. The fourth-order valence-corrected chi connectivity index (χ4v) is 3.02. The van der Waals surface area contributed by atoms with E-state index in [9.17, 15) is 14.7 Å². The summed E-state index contributed by atoms with van der Waals surface area (Å²) < 4.78 is 0. The highest BCUT2D eigenvalue weighted by Gasteiger charge is 2.37. The van der Waals surface area contributed by atoms with Gasteiger partial charge in [-0.2, -0.15) is 0 Å². The molecule has 4 unspecified atom stereocenters. The van der Waals surface area contributed by atoms with E-state index in [1.807, 2.05) is 51.1 Å². The first-order valence-corrected chi connectivity index (χ1v) is 8.74. The minimum Gasteiger partial charge on any atom is -0.391 e. The first-order valence-electron chi connectivity index (χ1n) is 8.74. The molecular weight excluding hydrogens is 304 g/mol. The van der Waals surface area contributed by atoms with Crippen LogP contribution >= 0.6 is 0 Å². The molecular formula is C19H28N2O3. The second-order valence-electron chi connectivity index (χ2n) is 6.73. The molecule has 0 radical (unpaired) electrons. The molecule has 1 saturated heterocycles. The second-order valence-corrected chi connectivity index (χ2v) is 6.73. The zero-order chi connectivity index (χ0) is 17.7. The van der Waals surface area contributed by atoms with E-state index in [1.54, 1.807) is 4.90 Å². The van der Waals surface area contributed by atoms with E-state index < -0.39 is 6.10 Å². The topological polar surface area (TPSA) is 69.6 Å². The largest absolute Gasteiger partial charge is 0.391 e. The predicted molar refractivity (Wildman–Crippen MR) is 93.1 cm³/mol. The van der Waals surface area contributed by atoms with E-state index in [-0.39, 0.29) is 42.7 Å². The lowest BCUT2D eigenvalue weighted by atomic mass is 10.0. The third-order valence-corrected chi connectivity index (χ3v) is 5.06. The molecule has 2 N–H and O–H groups in total. The Labute approximate surface area is 144 Å². The molecule has 1 aliphatic rings. The van der Waals surface area contributed by atoms with Gasteiger partial charge in [0.15, 0.2) is 0 Å². The van der Waals surface area contributed by atoms with E-state index in [2.05, 4.69) is 5.32 Å². The van der Waals surface area contributed by atoms with Crippen LogP contribution in [-0.2, 0) is 9.59 Å². The molecule has 5 heteroatoms. The van der Waals surface area contributed by atoms with Gasteiger partial charge in [-0.15, -0.1) is 0 Å². The highest BCUT2D eigenvalue weighted by atomic mass is 16.3. The predicted octanol–water partition coefficient (Wildman–Crippen LogP) is 2.12. The summed E-state index contributed by atoms with van der Waals surface area (Å²) in [5.74, 6) is -0.333. The van der Waals surface area contributed by atoms with Gasteiger partial charge >= 0.3 is 0 Å². The van der Waals surface area contributed by atoms with Gasteiger partial charge in [0.25, 0.3) is 0 Å². The van der Waals surface area contributed by atoms with Gasteiger partial charge in [-0.25, -0.2) is 0 Å². The van der Waals surface area contributed by atoms with E-state index in [0.717, 1.165) is 12.0 Å². The molecule has 1 fully saturated rings. The van der Waals surface area contributed by atoms with Crippen molar-refractivity contribution in [2.24, 2.45) is 11.8 Å². The van der Waals surface area contributed by atoms with Gasteiger partial charge in [0.1, 0.15) is 0 Å². The normalized spacial score (nSPS) is 21.4. The Morgan fingerprint density at radius 2 is 2.00 bits per heavy atom. The lowest BCUT2D eigenvalue weighted by Gasteiger charge is -2.25. The van der Waals surface area contributed by atoms with Crippen molar-refractivity contribution in [1.29, 1.82) is 0 Å². The summed E-state index contributed by atoms with van der Waals surface area (Å²) in [7, 11) is 0. The van der Waals surface area contributed by atoms with Crippen molar-refractivity contribution >= 4 is 11.8 Å². The van der Waals surface area contributed by atoms with Gasteiger partial charge in [0.2, 0.25) is 11.8 Å². The molecule has 0 aromatic heterocycles. The smallest absolute Gasteiger partial charge is 0.225 e. The summed E-state index contributed by atoms with van der Waals surface area (Å²) in [6.45, 7) is 6.63. The fourth-order valence-electron chi connectivity index (χ4n) is 3.02. The van der Waals surface area contributed by atoms with Crippen molar-refractivity contribution in [2.75, 3.05) is 13.1 Å². The van der Waals surface area contributed by atoms with Crippen molar-refractivity contribution in [3.63, 3.8) is 0 Å². The van der Waals surface area contributed by atoms with Crippen LogP contribution in [0.2, 0.25) is 0 Å². The molecule has 1 aromatic carbocycles. The van der Waals surface area contributed by atoms with Crippen molar-refractivity contribution in [2.45, 2.75) is 45.8 Å². The number of rotatable bonds is 7. The number of carbonyl (C=O) groups is 2. The van der Waals surface area contributed by atoms with E-state index >= 15 is 0 Å². The first kappa shape index (κ1) is 18.5. The fraction of sp³-hybridized carbons (Fsp3) is 0.579. The molecule has 0 aliphatic carbocycles. The van der Waals surface area contributed by atoms with Gasteiger partial charge in [-0.05, 0) is 18.4 Å². The van der Waals surface area contributed by atoms with Crippen LogP contribution in [0.5, 0.6) is 0 Å². The third kappa shape index (κ3) is 4.35. The monoisotopic (exact) mass is 332 g/mol. The zero-order valence-corrected chi connectivity index (χ0v) is 14.7. The molecule has 4 atom stereocenters. The highest BCUT2D eigenvalue weighted by molar-refractivity contribution is 5.89. The van der Waals surface area contributed by atoms with Gasteiger partial charge < -0.3 is 15.3 Å². The van der Waals surface area contributed by atoms with Crippen LogP contribution < -0.4 is 5.32 Å². The molecule has 0 bridgehead atoms. The maximum atomic E-state index is 12.3. The van der Waals surface area contributed by atoms with E-state index in [1.165, 1.54) is 0 Å². The standard InChI is InChI=1S/C19H28N2O3/c1-4-13(2)17(22)11-20-19(24)16-10-18(23)21(12-16)14(3)15-8-6-5-7-9-15/h5-9,13-14,16-17,22H,4,10-12H2,1-3H3,(H,20,24). The number of carbonyl (C=O) groups excluding carboxylic acids is 2. The maximum absolute atomic E-state index is 12.3. The summed E-state index contributed by atoms with van der Waals surface area (Å²) in [4.78, 5) is 26.4. The molecule has 1 aromatic rings. The van der Waals surface area contributed by atoms with Crippen LogP contribution in [0.25, 0.3) is 0 Å². The summed E-state index contributed by atoms with van der Waals surface area (Å²) >= 11 is 0.